The fraction of sp³-hybridized carbons (Fsp3) is 0.636. The molecule has 1 aromatic rings. The lowest BCUT2D eigenvalue weighted by atomic mass is 9.99. The van der Waals surface area contributed by atoms with Crippen LogP contribution in [0.3, 0.4) is 0 Å². The Labute approximate surface area is 102 Å². The lowest BCUT2D eigenvalue weighted by Gasteiger charge is -2.17. The van der Waals surface area contributed by atoms with Crippen LogP contribution in [0.25, 0.3) is 0 Å². The maximum atomic E-state index is 13.2. The molecule has 0 saturated carbocycles. The molecule has 0 spiro atoms. The summed E-state index contributed by atoms with van der Waals surface area (Å²) in [5, 5.41) is 10.00. The summed E-state index contributed by atoms with van der Waals surface area (Å²) in [5.41, 5.74) is -1.88. The number of hydrogen-bond donors (Lipinski definition) is 2. The number of aromatic nitrogens is 2. The Bertz CT molecular complexity index is 553. The minimum Gasteiger partial charge on any atom is -0.388 e. The van der Waals surface area contributed by atoms with Crippen LogP contribution in [0.4, 0.5) is 4.39 Å². The normalized spacial score (nSPS) is 31.8. The van der Waals surface area contributed by atoms with Gasteiger partial charge in [0.05, 0.1) is 12.3 Å². The molecule has 2 N–H and O–H groups in total. The monoisotopic (exact) mass is 258 g/mol. The van der Waals surface area contributed by atoms with Gasteiger partial charge < -0.3 is 9.84 Å². The molecule has 7 heteroatoms. The van der Waals surface area contributed by atoms with Crippen LogP contribution in [-0.4, -0.2) is 26.9 Å². The van der Waals surface area contributed by atoms with Crippen LogP contribution in [0.2, 0.25) is 0 Å². The summed E-state index contributed by atoms with van der Waals surface area (Å²) in [5.74, 6) is -1.25. The lowest BCUT2D eigenvalue weighted by molar-refractivity contribution is -0.0410. The molecule has 6 nitrogen and oxygen atoms in total. The first kappa shape index (κ1) is 13.0. The van der Waals surface area contributed by atoms with Gasteiger partial charge in [0.25, 0.3) is 5.56 Å². The molecule has 1 aromatic heterocycles. The second-order valence-electron chi connectivity index (χ2n) is 4.47. The van der Waals surface area contributed by atoms with Crippen molar-refractivity contribution in [1.82, 2.24) is 9.55 Å². The zero-order valence-corrected chi connectivity index (χ0v) is 10.1. The van der Waals surface area contributed by atoms with Gasteiger partial charge in [-0.15, -0.1) is 0 Å². The zero-order chi connectivity index (χ0) is 13.4. The highest BCUT2D eigenvalue weighted by molar-refractivity contribution is 4.93. The predicted molar refractivity (Wildman–Crippen MR) is 60.7 cm³/mol. The van der Waals surface area contributed by atoms with E-state index in [-0.39, 0.29) is 12.0 Å². The summed E-state index contributed by atoms with van der Waals surface area (Å²) in [6.45, 7) is 3.69. The topological polar surface area (TPSA) is 84.3 Å². The minimum atomic E-state index is -1.09. The summed E-state index contributed by atoms with van der Waals surface area (Å²) >= 11 is 0. The average Bonchev–Trinajstić information content (AvgIpc) is 2.61. The molecule has 0 amide bonds. The van der Waals surface area contributed by atoms with Crippen LogP contribution in [0.5, 0.6) is 0 Å². The standard InChI is InChI=1S/C11H15FN2O4/c1-3-7-5(2)8(15)10(18-7)14-4-6(12)9(16)13-11(14)17/h4-5,7-8,10,15H,3H2,1-2H3,(H,13,16,17)/t5?,7-,8?,10-/m1/s1. The summed E-state index contributed by atoms with van der Waals surface area (Å²) in [6, 6.07) is 0. The Hall–Kier alpha value is -1.47. The second kappa shape index (κ2) is 4.66. The van der Waals surface area contributed by atoms with Crippen LogP contribution in [0.1, 0.15) is 26.5 Å². The smallest absolute Gasteiger partial charge is 0.330 e. The lowest BCUT2D eigenvalue weighted by Crippen LogP contribution is -2.37. The minimum absolute atomic E-state index is 0.165. The highest BCUT2D eigenvalue weighted by Crippen LogP contribution is 2.34. The van der Waals surface area contributed by atoms with E-state index in [9.17, 15) is 19.1 Å². The number of ether oxygens (including phenoxy) is 1. The Morgan fingerprint density at radius 2 is 2.22 bits per heavy atom. The third-order valence-electron chi connectivity index (χ3n) is 3.33. The van der Waals surface area contributed by atoms with Crippen molar-refractivity contribution in [3.05, 3.63) is 32.9 Å². The number of hydrogen-bond acceptors (Lipinski definition) is 4. The summed E-state index contributed by atoms with van der Waals surface area (Å²) in [4.78, 5) is 24.3. The molecule has 1 aliphatic rings. The van der Waals surface area contributed by atoms with Gasteiger partial charge in [0, 0.05) is 5.92 Å². The zero-order valence-electron chi connectivity index (χ0n) is 10.1. The molecule has 1 aliphatic heterocycles. The fourth-order valence-electron chi connectivity index (χ4n) is 2.21. The van der Waals surface area contributed by atoms with Crippen LogP contribution >= 0.6 is 0 Å². The van der Waals surface area contributed by atoms with E-state index in [0.717, 1.165) is 10.8 Å². The number of aromatic amines is 1. The molecule has 1 saturated heterocycles. The van der Waals surface area contributed by atoms with Crippen molar-refractivity contribution in [3.63, 3.8) is 0 Å². The number of aliphatic hydroxyl groups excluding tert-OH is 1. The molecular weight excluding hydrogens is 243 g/mol. The van der Waals surface area contributed by atoms with Crippen molar-refractivity contribution < 1.29 is 14.2 Å². The Morgan fingerprint density at radius 3 is 2.78 bits per heavy atom. The van der Waals surface area contributed by atoms with Crippen molar-refractivity contribution in [1.29, 1.82) is 0 Å². The van der Waals surface area contributed by atoms with Gasteiger partial charge in [0.15, 0.2) is 6.23 Å². The van der Waals surface area contributed by atoms with E-state index in [1.165, 1.54) is 0 Å². The van der Waals surface area contributed by atoms with E-state index < -0.39 is 29.4 Å². The molecule has 0 radical (unpaired) electrons. The molecule has 0 aliphatic carbocycles. The van der Waals surface area contributed by atoms with Crippen molar-refractivity contribution in [2.75, 3.05) is 0 Å². The molecule has 4 atom stereocenters. The highest BCUT2D eigenvalue weighted by Gasteiger charge is 2.41. The molecule has 1 fully saturated rings. The molecule has 2 rings (SSSR count). The quantitative estimate of drug-likeness (QED) is 0.780. The summed E-state index contributed by atoms with van der Waals surface area (Å²) in [7, 11) is 0. The van der Waals surface area contributed by atoms with E-state index in [1.807, 2.05) is 11.9 Å². The van der Waals surface area contributed by atoms with Crippen molar-refractivity contribution >= 4 is 0 Å². The van der Waals surface area contributed by atoms with Gasteiger partial charge in [0.2, 0.25) is 5.82 Å². The average molecular weight is 258 g/mol. The number of halogens is 1. The highest BCUT2D eigenvalue weighted by atomic mass is 19.1. The van der Waals surface area contributed by atoms with Gasteiger partial charge in [-0.3, -0.25) is 14.3 Å². The molecule has 0 aromatic carbocycles. The van der Waals surface area contributed by atoms with Crippen molar-refractivity contribution in [2.45, 2.75) is 38.7 Å². The van der Waals surface area contributed by atoms with Crippen LogP contribution in [-0.2, 0) is 4.74 Å². The second-order valence-corrected chi connectivity index (χ2v) is 4.47. The largest absolute Gasteiger partial charge is 0.388 e. The summed E-state index contributed by atoms with van der Waals surface area (Å²) < 4.78 is 19.6. The van der Waals surface area contributed by atoms with E-state index in [2.05, 4.69) is 0 Å². The fourth-order valence-corrected chi connectivity index (χ4v) is 2.21. The number of H-pyrrole nitrogens is 1. The first-order valence-electron chi connectivity index (χ1n) is 5.80. The van der Waals surface area contributed by atoms with E-state index >= 15 is 0 Å². The molecule has 2 heterocycles. The Balaban J connectivity index is 2.42. The van der Waals surface area contributed by atoms with Crippen LogP contribution in [0, 0.1) is 11.7 Å². The SMILES string of the molecule is CC[C@H]1O[C@@H](n2cc(F)c(=O)[nH]c2=O)C(O)C1C. The van der Waals surface area contributed by atoms with Gasteiger partial charge in [-0.25, -0.2) is 4.79 Å². The first-order valence-corrected chi connectivity index (χ1v) is 5.80. The van der Waals surface area contributed by atoms with Gasteiger partial charge in [0.1, 0.15) is 6.10 Å². The maximum Gasteiger partial charge on any atom is 0.330 e. The predicted octanol–water partition coefficient (Wildman–Crippen LogP) is -0.0199. The van der Waals surface area contributed by atoms with E-state index in [0.29, 0.717) is 6.42 Å². The molecule has 100 valence electrons. The molecule has 0 bridgehead atoms. The van der Waals surface area contributed by atoms with E-state index in [4.69, 9.17) is 4.74 Å². The van der Waals surface area contributed by atoms with Gasteiger partial charge in [-0.05, 0) is 6.42 Å². The summed E-state index contributed by atoms with van der Waals surface area (Å²) in [6.07, 6.45) is -0.650. The van der Waals surface area contributed by atoms with Crippen molar-refractivity contribution in [2.24, 2.45) is 5.92 Å². The van der Waals surface area contributed by atoms with Gasteiger partial charge in [-0.1, -0.05) is 13.8 Å². The van der Waals surface area contributed by atoms with E-state index in [1.54, 1.807) is 6.92 Å². The van der Waals surface area contributed by atoms with Crippen LogP contribution < -0.4 is 11.2 Å². The molecule has 2 unspecified atom stereocenters. The third-order valence-corrected chi connectivity index (χ3v) is 3.33. The number of nitrogens with zero attached hydrogens (tertiary/aromatic N) is 1. The number of rotatable bonds is 2. The van der Waals surface area contributed by atoms with Crippen LogP contribution in [0.15, 0.2) is 15.8 Å². The number of aliphatic hydroxyl groups is 1. The Kier molecular flexibility index (Phi) is 3.36. The third kappa shape index (κ3) is 1.99. The van der Waals surface area contributed by atoms with Crippen molar-refractivity contribution in [3.8, 4) is 0 Å². The molecule has 18 heavy (non-hydrogen) atoms. The van der Waals surface area contributed by atoms with Gasteiger partial charge in [-0.2, -0.15) is 4.39 Å². The first-order chi connectivity index (χ1) is 8.45. The molecular formula is C11H15FN2O4. The Morgan fingerprint density at radius 1 is 1.56 bits per heavy atom. The number of nitrogens with one attached hydrogen (secondary N) is 1. The maximum absolute atomic E-state index is 13.2. The van der Waals surface area contributed by atoms with Gasteiger partial charge >= 0.3 is 5.69 Å².